The highest BCUT2D eigenvalue weighted by Gasteiger charge is 2.67. The SMILES string of the molecule is O=C1C2CCCCC2C2C3CCCCC3C3C4CCCCC4C(=O)C3C12. The molecule has 6 aliphatic carbocycles. The van der Waals surface area contributed by atoms with Crippen LogP contribution in [-0.2, 0) is 9.59 Å². The van der Waals surface area contributed by atoms with E-state index in [1.807, 2.05) is 0 Å². The first-order chi connectivity index (χ1) is 12.8. The van der Waals surface area contributed by atoms with Crippen molar-refractivity contribution < 1.29 is 9.59 Å². The lowest BCUT2D eigenvalue weighted by molar-refractivity contribution is -0.139. The zero-order valence-electron chi connectivity index (χ0n) is 16.1. The lowest BCUT2D eigenvalue weighted by Crippen LogP contribution is -2.49. The van der Waals surface area contributed by atoms with Gasteiger partial charge in [-0.05, 0) is 74.0 Å². The zero-order chi connectivity index (χ0) is 17.4. The molecule has 6 aliphatic rings. The predicted octanol–water partition coefficient (Wildman–Crippen LogP) is 5.05. The minimum Gasteiger partial charge on any atom is -0.299 e. The molecule has 0 heterocycles. The number of fused-ring (bicyclic) bond motifs is 10. The minimum absolute atomic E-state index is 0.144. The maximum Gasteiger partial charge on any atom is 0.140 e. The van der Waals surface area contributed by atoms with Gasteiger partial charge < -0.3 is 0 Å². The van der Waals surface area contributed by atoms with Gasteiger partial charge >= 0.3 is 0 Å². The molecule has 0 saturated heterocycles. The van der Waals surface area contributed by atoms with E-state index in [1.165, 1.54) is 64.2 Å². The molecule has 0 spiro atoms. The summed E-state index contributed by atoms with van der Waals surface area (Å²) in [6.45, 7) is 0. The summed E-state index contributed by atoms with van der Waals surface area (Å²) in [5, 5.41) is 0. The fourth-order valence-corrected chi connectivity index (χ4v) is 9.50. The van der Waals surface area contributed by atoms with E-state index in [-0.39, 0.29) is 11.8 Å². The third-order valence-corrected chi connectivity index (χ3v) is 10.1. The average Bonchev–Trinajstić information content (AvgIpc) is 3.16. The van der Waals surface area contributed by atoms with Gasteiger partial charge in [0.1, 0.15) is 11.6 Å². The van der Waals surface area contributed by atoms with E-state index in [4.69, 9.17) is 0 Å². The molecule has 6 rings (SSSR count). The quantitative estimate of drug-likeness (QED) is 0.610. The Morgan fingerprint density at radius 1 is 0.462 bits per heavy atom. The van der Waals surface area contributed by atoms with Gasteiger partial charge in [-0.25, -0.2) is 0 Å². The van der Waals surface area contributed by atoms with Crippen LogP contribution in [0.3, 0.4) is 0 Å². The first-order valence-corrected chi connectivity index (χ1v) is 11.8. The summed E-state index contributed by atoms with van der Waals surface area (Å²) < 4.78 is 0. The van der Waals surface area contributed by atoms with Crippen molar-refractivity contribution in [2.45, 2.75) is 77.0 Å². The van der Waals surface area contributed by atoms with Crippen LogP contribution in [0, 0.1) is 59.2 Å². The van der Waals surface area contributed by atoms with E-state index >= 15 is 0 Å². The summed E-state index contributed by atoms with van der Waals surface area (Å²) in [4.78, 5) is 27.2. The second kappa shape index (κ2) is 5.92. The molecular weight excluding hydrogens is 320 g/mol. The van der Waals surface area contributed by atoms with E-state index < -0.39 is 0 Å². The van der Waals surface area contributed by atoms with E-state index in [2.05, 4.69) is 0 Å². The lowest BCUT2D eigenvalue weighted by atomic mass is 9.51. The summed E-state index contributed by atoms with van der Waals surface area (Å²) in [5.74, 6) is 6.08. The van der Waals surface area contributed by atoms with Crippen molar-refractivity contribution in [2.75, 3.05) is 0 Å². The van der Waals surface area contributed by atoms with Crippen LogP contribution in [0.1, 0.15) is 77.0 Å². The van der Waals surface area contributed by atoms with Crippen LogP contribution >= 0.6 is 0 Å². The molecule has 0 amide bonds. The van der Waals surface area contributed by atoms with Crippen molar-refractivity contribution in [1.29, 1.82) is 0 Å². The highest BCUT2D eigenvalue weighted by molar-refractivity contribution is 5.96. The van der Waals surface area contributed by atoms with Gasteiger partial charge in [0.05, 0.1) is 0 Å². The number of Topliss-reactive ketones (excluding diaryl/α,β-unsaturated/α-hetero) is 2. The van der Waals surface area contributed by atoms with Gasteiger partial charge in [0.25, 0.3) is 0 Å². The Bertz CT molecular complexity index is 570. The normalized spacial score (nSPS) is 55.5. The zero-order valence-corrected chi connectivity index (χ0v) is 16.1. The molecular formula is C24H34O2. The van der Waals surface area contributed by atoms with Gasteiger partial charge in [-0.3, -0.25) is 9.59 Å². The molecule has 6 fully saturated rings. The van der Waals surface area contributed by atoms with Gasteiger partial charge in [0, 0.05) is 23.7 Å². The third-order valence-electron chi connectivity index (χ3n) is 10.1. The Balaban J connectivity index is 1.46. The highest BCUT2D eigenvalue weighted by Crippen LogP contribution is 2.67. The number of carbonyl (C=O) groups excluding carboxylic acids is 2. The van der Waals surface area contributed by atoms with Crippen LogP contribution in [0.15, 0.2) is 0 Å². The van der Waals surface area contributed by atoms with Gasteiger partial charge in [-0.2, -0.15) is 0 Å². The van der Waals surface area contributed by atoms with Crippen LogP contribution < -0.4 is 0 Å². The fraction of sp³-hybridized carbons (Fsp3) is 0.917. The summed E-state index contributed by atoms with van der Waals surface area (Å²) in [7, 11) is 0. The van der Waals surface area contributed by atoms with Crippen molar-refractivity contribution in [3.05, 3.63) is 0 Å². The maximum absolute atomic E-state index is 13.6. The van der Waals surface area contributed by atoms with Crippen LogP contribution in [0.5, 0.6) is 0 Å². The van der Waals surface area contributed by atoms with E-state index in [9.17, 15) is 9.59 Å². The number of carbonyl (C=O) groups is 2. The van der Waals surface area contributed by atoms with Gasteiger partial charge in [0.2, 0.25) is 0 Å². The molecule has 10 unspecified atom stereocenters. The van der Waals surface area contributed by atoms with Crippen LogP contribution in [0.4, 0.5) is 0 Å². The van der Waals surface area contributed by atoms with Crippen molar-refractivity contribution in [3.63, 3.8) is 0 Å². The van der Waals surface area contributed by atoms with Gasteiger partial charge in [-0.1, -0.05) is 38.5 Å². The molecule has 0 bridgehead atoms. The van der Waals surface area contributed by atoms with Gasteiger partial charge in [0.15, 0.2) is 0 Å². The average molecular weight is 355 g/mol. The first kappa shape index (κ1) is 16.3. The summed E-state index contributed by atoms with van der Waals surface area (Å²) in [5.41, 5.74) is 0. The van der Waals surface area contributed by atoms with Crippen LogP contribution in [0.25, 0.3) is 0 Å². The lowest BCUT2D eigenvalue weighted by Gasteiger charge is -2.52. The molecule has 0 radical (unpaired) electrons. The largest absolute Gasteiger partial charge is 0.299 e. The Morgan fingerprint density at radius 3 is 1.23 bits per heavy atom. The Morgan fingerprint density at radius 2 is 0.808 bits per heavy atom. The molecule has 6 saturated carbocycles. The smallest absolute Gasteiger partial charge is 0.140 e. The molecule has 0 N–H and O–H groups in total. The van der Waals surface area contributed by atoms with Crippen molar-refractivity contribution in [3.8, 4) is 0 Å². The molecule has 10 atom stereocenters. The van der Waals surface area contributed by atoms with Crippen molar-refractivity contribution in [1.82, 2.24) is 0 Å². The predicted molar refractivity (Wildman–Crippen MR) is 100 cm³/mol. The van der Waals surface area contributed by atoms with Crippen molar-refractivity contribution >= 4 is 11.6 Å². The second-order valence-electron chi connectivity index (χ2n) is 10.7. The minimum atomic E-state index is 0.144. The summed E-state index contributed by atoms with van der Waals surface area (Å²) in [6, 6.07) is 0. The fourth-order valence-electron chi connectivity index (χ4n) is 9.50. The Labute approximate surface area is 157 Å². The van der Waals surface area contributed by atoms with Crippen LogP contribution in [-0.4, -0.2) is 11.6 Å². The Kier molecular flexibility index (Phi) is 3.71. The number of hydrogen-bond acceptors (Lipinski definition) is 2. The van der Waals surface area contributed by atoms with E-state index in [0.29, 0.717) is 47.1 Å². The number of hydrogen-bond donors (Lipinski definition) is 0. The molecule has 0 aromatic heterocycles. The molecule has 2 nitrogen and oxygen atoms in total. The standard InChI is InChI=1S/C24H34O2/c25-23-17-11-5-3-9-15(17)19-13-7-1-2-8-14(13)20-16-10-4-6-12-18(16)24(26)22(20)21(19)23/h13-22H,1-12H2. The topological polar surface area (TPSA) is 34.1 Å². The molecule has 2 heteroatoms. The first-order valence-electron chi connectivity index (χ1n) is 11.8. The summed E-state index contributed by atoms with van der Waals surface area (Å²) >= 11 is 0. The molecule has 0 aromatic rings. The van der Waals surface area contributed by atoms with Crippen LogP contribution in [0.2, 0.25) is 0 Å². The molecule has 26 heavy (non-hydrogen) atoms. The van der Waals surface area contributed by atoms with Gasteiger partial charge in [-0.15, -0.1) is 0 Å². The van der Waals surface area contributed by atoms with Crippen molar-refractivity contribution in [2.24, 2.45) is 59.2 Å². The Hall–Kier alpha value is -0.660. The number of ketones is 2. The van der Waals surface area contributed by atoms with E-state index in [0.717, 1.165) is 24.7 Å². The summed E-state index contributed by atoms with van der Waals surface area (Å²) in [6.07, 6.45) is 15.4. The number of rotatable bonds is 0. The molecule has 0 aromatic carbocycles. The van der Waals surface area contributed by atoms with E-state index in [1.54, 1.807) is 0 Å². The maximum atomic E-state index is 13.6. The molecule has 0 aliphatic heterocycles. The monoisotopic (exact) mass is 354 g/mol. The third kappa shape index (κ3) is 2.00. The second-order valence-corrected chi connectivity index (χ2v) is 10.7. The highest BCUT2D eigenvalue weighted by atomic mass is 16.1. The molecule has 142 valence electrons.